The highest BCUT2D eigenvalue weighted by Crippen LogP contribution is 2.43. The zero-order valence-corrected chi connectivity index (χ0v) is 20.7. The van der Waals surface area contributed by atoms with E-state index in [0.717, 1.165) is 38.0 Å². The predicted octanol–water partition coefficient (Wildman–Crippen LogP) is 5.70. The smallest absolute Gasteiger partial charge is 0.219 e. The number of hydrogen-bond donors (Lipinski definition) is 0. The Hall–Kier alpha value is -1.75. The Morgan fingerprint density at radius 1 is 1.16 bits per heavy atom. The van der Waals surface area contributed by atoms with E-state index in [9.17, 15) is 4.79 Å². The second-order valence-electron chi connectivity index (χ2n) is 9.92. The largest absolute Gasteiger partial charge is 0.493 e. The van der Waals surface area contributed by atoms with Gasteiger partial charge in [-0.15, -0.1) is 0 Å². The van der Waals surface area contributed by atoms with Crippen molar-refractivity contribution in [1.82, 2.24) is 4.90 Å². The minimum atomic E-state index is 0.112. The zero-order chi connectivity index (χ0) is 23.0. The first kappa shape index (κ1) is 25.5. The van der Waals surface area contributed by atoms with Crippen molar-refractivity contribution in [2.45, 2.75) is 79.4 Å². The van der Waals surface area contributed by atoms with E-state index in [2.05, 4.69) is 27.7 Å². The molecule has 1 aliphatic heterocycles. The molecule has 1 amide bonds. The maximum absolute atomic E-state index is 12.5. The fourth-order valence-corrected chi connectivity index (χ4v) is 4.54. The van der Waals surface area contributed by atoms with Crippen molar-refractivity contribution in [2.24, 2.45) is 17.3 Å². The Kier molecular flexibility index (Phi) is 9.67. The summed E-state index contributed by atoms with van der Waals surface area (Å²) in [4.78, 5) is 14.5. The summed E-state index contributed by atoms with van der Waals surface area (Å²) in [6.07, 6.45) is 5.96. The molecule has 5 nitrogen and oxygen atoms in total. The molecule has 0 saturated carbocycles. The average Bonchev–Trinajstić information content (AvgIpc) is 2.75. The van der Waals surface area contributed by atoms with E-state index in [0.29, 0.717) is 36.0 Å². The fourth-order valence-electron chi connectivity index (χ4n) is 4.54. The Balaban J connectivity index is 2.13. The third-order valence-electron chi connectivity index (χ3n) is 6.77. The molecule has 1 fully saturated rings. The van der Waals surface area contributed by atoms with Crippen LogP contribution < -0.4 is 9.47 Å². The van der Waals surface area contributed by atoms with Crippen LogP contribution in [0.15, 0.2) is 18.2 Å². The zero-order valence-electron chi connectivity index (χ0n) is 20.7. The van der Waals surface area contributed by atoms with Crippen LogP contribution in [0.3, 0.4) is 0 Å². The Bertz CT molecular complexity index is 703. The van der Waals surface area contributed by atoms with E-state index in [4.69, 9.17) is 14.2 Å². The normalized spacial score (nSPS) is 21.4. The number of amides is 1. The summed E-state index contributed by atoms with van der Waals surface area (Å²) in [5, 5.41) is 0. The van der Waals surface area contributed by atoms with Gasteiger partial charge in [-0.1, -0.05) is 40.2 Å². The van der Waals surface area contributed by atoms with Crippen LogP contribution in [0.25, 0.3) is 0 Å². The second-order valence-corrected chi connectivity index (χ2v) is 9.92. The van der Waals surface area contributed by atoms with Crippen molar-refractivity contribution in [1.29, 1.82) is 0 Å². The van der Waals surface area contributed by atoms with Crippen LogP contribution in [0.4, 0.5) is 0 Å². The lowest BCUT2D eigenvalue weighted by Crippen LogP contribution is -2.41. The van der Waals surface area contributed by atoms with Crippen LogP contribution in [0.1, 0.15) is 72.3 Å². The van der Waals surface area contributed by atoms with Gasteiger partial charge in [0.05, 0.1) is 20.3 Å². The summed E-state index contributed by atoms with van der Waals surface area (Å²) in [6, 6.07) is 5.88. The lowest BCUT2D eigenvalue weighted by atomic mass is 9.69. The van der Waals surface area contributed by atoms with Gasteiger partial charge in [-0.25, -0.2) is 0 Å². The third-order valence-corrected chi connectivity index (χ3v) is 6.77. The summed E-state index contributed by atoms with van der Waals surface area (Å²) >= 11 is 0. The van der Waals surface area contributed by atoms with Gasteiger partial charge in [0.1, 0.15) is 0 Å². The molecule has 0 N–H and O–H groups in total. The highest BCUT2D eigenvalue weighted by molar-refractivity contribution is 5.73. The molecule has 176 valence electrons. The first-order valence-electron chi connectivity index (χ1n) is 11.8. The van der Waals surface area contributed by atoms with Gasteiger partial charge in [-0.3, -0.25) is 4.79 Å². The van der Waals surface area contributed by atoms with Gasteiger partial charge in [0.25, 0.3) is 0 Å². The summed E-state index contributed by atoms with van der Waals surface area (Å²) in [6.45, 7) is 13.0. The molecular weight excluding hydrogens is 390 g/mol. The first-order valence-corrected chi connectivity index (χ1v) is 11.8. The van der Waals surface area contributed by atoms with Crippen molar-refractivity contribution in [2.75, 3.05) is 27.4 Å². The minimum Gasteiger partial charge on any atom is -0.493 e. The Morgan fingerprint density at radius 2 is 1.87 bits per heavy atom. The van der Waals surface area contributed by atoms with Crippen LogP contribution in [0, 0.1) is 17.3 Å². The fraction of sp³-hybridized carbons (Fsp3) is 0.731. The van der Waals surface area contributed by atoms with Crippen molar-refractivity contribution in [3.63, 3.8) is 0 Å². The van der Waals surface area contributed by atoms with Gasteiger partial charge in [-0.2, -0.15) is 0 Å². The van der Waals surface area contributed by atoms with E-state index in [1.54, 1.807) is 21.1 Å². The molecule has 1 aromatic carbocycles. The first-order chi connectivity index (χ1) is 14.7. The molecule has 0 bridgehead atoms. The molecular formula is C26H43NO4. The van der Waals surface area contributed by atoms with Crippen LogP contribution in [0.2, 0.25) is 0 Å². The van der Waals surface area contributed by atoms with E-state index < -0.39 is 0 Å². The molecule has 1 aliphatic rings. The van der Waals surface area contributed by atoms with Crippen LogP contribution >= 0.6 is 0 Å². The number of carbonyl (C=O) groups excluding carboxylic acids is 1. The van der Waals surface area contributed by atoms with Crippen LogP contribution in [0.5, 0.6) is 11.5 Å². The summed E-state index contributed by atoms with van der Waals surface area (Å²) in [7, 11) is 3.27. The second kappa shape index (κ2) is 11.8. The molecule has 1 aromatic rings. The van der Waals surface area contributed by atoms with Gasteiger partial charge in [-0.05, 0) is 60.6 Å². The molecule has 0 unspecified atom stereocenters. The Labute approximate surface area is 189 Å². The molecule has 0 spiro atoms. The molecule has 2 atom stereocenters. The van der Waals surface area contributed by atoms with E-state index in [1.165, 1.54) is 12.8 Å². The lowest BCUT2D eigenvalue weighted by molar-refractivity contribution is -0.130. The number of nitrogens with zero attached hydrogens (tertiary/aromatic N) is 1. The SMILES string of the molecule is COc1ccc(CN(CC[C@@]2(CCC(C)C)CCO[C@H](C(C)C)C2)C(C)=O)cc1OC. The number of rotatable bonds is 11. The summed E-state index contributed by atoms with van der Waals surface area (Å²) in [5.74, 6) is 2.72. The Morgan fingerprint density at radius 3 is 2.45 bits per heavy atom. The van der Waals surface area contributed by atoms with Crippen molar-refractivity contribution >= 4 is 5.91 Å². The van der Waals surface area contributed by atoms with Crippen molar-refractivity contribution < 1.29 is 19.0 Å². The van der Waals surface area contributed by atoms with Gasteiger partial charge in [0.15, 0.2) is 11.5 Å². The molecule has 5 heteroatoms. The highest BCUT2D eigenvalue weighted by Gasteiger charge is 2.38. The standard InChI is InChI=1S/C26H43NO4/c1-19(2)10-11-26(13-15-31-25(17-26)20(3)4)12-14-27(21(5)28)18-22-8-9-23(29-6)24(16-22)30-7/h8-9,16,19-20,25H,10-15,17-18H2,1-7H3/t25-,26-/m0/s1. The number of benzene rings is 1. The van der Waals surface area contributed by atoms with Gasteiger partial charge in [0.2, 0.25) is 5.91 Å². The monoisotopic (exact) mass is 433 g/mol. The topological polar surface area (TPSA) is 48.0 Å². The van der Waals surface area contributed by atoms with Gasteiger partial charge >= 0.3 is 0 Å². The highest BCUT2D eigenvalue weighted by atomic mass is 16.5. The number of methoxy groups -OCH3 is 2. The molecule has 1 heterocycles. The van der Waals surface area contributed by atoms with E-state index in [-0.39, 0.29) is 11.3 Å². The van der Waals surface area contributed by atoms with E-state index >= 15 is 0 Å². The maximum atomic E-state index is 12.5. The van der Waals surface area contributed by atoms with Gasteiger partial charge < -0.3 is 19.1 Å². The van der Waals surface area contributed by atoms with Crippen molar-refractivity contribution in [3.05, 3.63) is 23.8 Å². The van der Waals surface area contributed by atoms with E-state index in [1.807, 2.05) is 23.1 Å². The molecule has 0 radical (unpaired) electrons. The van der Waals surface area contributed by atoms with Crippen LogP contribution in [-0.2, 0) is 16.1 Å². The van der Waals surface area contributed by atoms with Crippen LogP contribution in [-0.4, -0.2) is 44.3 Å². The molecule has 1 saturated heterocycles. The predicted molar refractivity (Wildman–Crippen MR) is 126 cm³/mol. The number of ether oxygens (including phenoxy) is 3. The summed E-state index contributed by atoms with van der Waals surface area (Å²) < 4.78 is 16.9. The van der Waals surface area contributed by atoms with Crippen molar-refractivity contribution in [3.8, 4) is 11.5 Å². The molecule has 0 aliphatic carbocycles. The molecule has 0 aromatic heterocycles. The summed E-state index contributed by atoms with van der Waals surface area (Å²) in [5.41, 5.74) is 1.30. The molecule has 31 heavy (non-hydrogen) atoms. The van der Waals surface area contributed by atoms with Gasteiger partial charge in [0, 0.05) is 26.6 Å². The quantitative estimate of drug-likeness (QED) is 0.449. The maximum Gasteiger partial charge on any atom is 0.219 e. The minimum absolute atomic E-state index is 0.112. The number of carbonyl (C=O) groups is 1. The lowest BCUT2D eigenvalue weighted by Gasteiger charge is -2.44. The molecule has 2 rings (SSSR count). The number of hydrogen-bond acceptors (Lipinski definition) is 4. The average molecular weight is 434 g/mol. The third kappa shape index (κ3) is 7.41.